The minimum absolute atomic E-state index is 0.0674. The van der Waals surface area contributed by atoms with E-state index in [0.29, 0.717) is 0 Å². The first-order chi connectivity index (χ1) is 7.86. The number of hydrogen-bond acceptors (Lipinski definition) is 4. The van der Waals surface area contributed by atoms with E-state index in [9.17, 15) is 22.8 Å². The molecule has 0 saturated heterocycles. The van der Waals surface area contributed by atoms with Crippen LogP contribution in [0.4, 0.5) is 13.2 Å². The van der Waals surface area contributed by atoms with Crippen LogP contribution in [0.2, 0.25) is 0 Å². The highest BCUT2D eigenvalue weighted by molar-refractivity contribution is 6.01. The fourth-order valence-corrected chi connectivity index (χ4v) is 1.05. The van der Waals surface area contributed by atoms with Gasteiger partial charge in [0, 0.05) is 11.8 Å². The summed E-state index contributed by atoms with van der Waals surface area (Å²) in [5.41, 5.74) is -0.975. The molecule has 0 radical (unpaired) electrons. The minimum Gasteiger partial charge on any atom is -0.461 e. The molecule has 0 atom stereocenters. The van der Waals surface area contributed by atoms with Gasteiger partial charge >= 0.3 is 12.1 Å². The molecule has 1 aromatic heterocycles. The molecule has 0 spiro atoms. The summed E-state index contributed by atoms with van der Waals surface area (Å²) < 4.78 is 40.9. The number of alkyl halides is 3. The lowest BCUT2D eigenvalue weighted by Gasteiger charge is -2.06. The number of halogens is 3. The predicted molar refractivity (Wildman–Crippen MR) is 50.6 cm³/mol. The van der Waals surface area contributed by atoms with Gasteiger partial charge in [-0.05, 0) is 19.1 Å². The molecule has 0 aliphatic carbocycles. The number of esters is 1. The predicted octanol–water partition coefficient (Wildman–Crippen LogP) is 2.00. The summed E-state index contributed by atoms with van der Waals surface area (Å²) in [4.78, 5) is 25.6. The number of nitrogens with zero attached hydrogens (tertiary/aromatic N) is 1. The van der Waals surface area contributed by atoms with E-state index in [4.69, 9.17) is 0 Å². The summed E-state index contributed by atoms with van der Waals surface area (Å²) in [6.45, 7) is 1.61. The molecular weight excluding hydrogens is 239 g/mol. The van der Waals surface area contributed by atoms with Gasteiger partial charge in [-0.1, -0.05) is 0 Å². The van der Waals surface area contributed by atoms with E-state index in [1.54, 1.807) is 6.92 Å². The second-order valence-electron chi connectivity index (χ2n) is 2.98. The Morgan fingerprint density at radius 2 is 2.06 bits per heavy atom. The lowest BCUT2D eigenvalue weighted by atomic mass is 10.1. The van der Waals surface area contributed by atoms with Crippen LogP contribution in [0.3, 0.4) is 0 Å². The Kier molecular flexibility index (Phi) is 3.82. The molecule has 0 bridgehead atoms. The van der Waals surface area contributed by atoms with E-state index in [1.807, 2.05) is 0 Å². The number of Topliss-reactive ketones (excluding diaryl/α,β-unsaturated/α-hetero) is 1. The Morgan fingerprint density at radius 1 is 1.41 bits per heavy atom. The van der Waals surface area contributed by atoms with Crippen LogP contribution >= 0.6 is 0 Å². The van der Waals surface area contributed by atoms with Crippen molar-refractivity contribution in [2.24, 2.45) is 0 Å². The summed E-state index contributed by atoms with van der Waals surface area (Å²) in [5.74, 6) is -2.89. The fraction of sp³-hybridized carbons (Fsp3) is 0.300. The lowest BCUT2D eigenvalue weighted by Crippen LogP contribution is -2.23. The SMILES string of the molecule is CCOC(=O)c1cc(C(=O)C(F)(F)F)ccn1. The van der Waals surface area contributed by atoms with Crippen LogP contribution in [0.25, 0.3) is 0 Å². The van der Waals surface area contributed by atoms with Crippen molar-refractivity contribution in [1.82, 2.24) is 4.98 Å². The highest BCUT2D eigenvalue weighted by Gasteiger charge is 2.39. The van der Waals surface area contributed by atoms with Gasteiger partial charge in [0.1, 0.15) is 5.69 Å². The van der Waals surface area contributed by atoms with Gasteiger partial charge in [-0.3, -0.25) is 4.79 Å². The van der Waals surface area contributed by atoms with E-state index >= 15 is 0 Å². The molecule has 0 N–H and O–H groups in total. The molecule has 0 aliphatic heterocycles. The van der Waals surface area contributed by atoms with Crippen molar-refractivity contribution >= 4 is 11.8 Å². The van der Waals surface area contributed by atoms with Crippen LogP contribution < -0.4 is 0 Å². The number of rotatable bonds is 3. The summed E-state index contributed by atoms with van der Waals surface area (Å²) >= 11 is 0. The van der Waals surface area contributed by atoms with Gasteiger partial charge in [-0.25, -0.2) is 9.78 Å². The van der Waals surface area contributed by atoms with Crippen LogP contribution in [0.5, 0.6) is 0 Å². The second-order valence-corrected chi connectivity index (χ2v) is 2.98. The Balaban J connectivity index is 3.02. The number of aromatic nitrogens is 1. The van der Waals surface area contributed by atoms with E-state index < -0.39 is 23.5 Å². The van der Waals surface area contributed by atoms with Crippen molar-refractivity contribution in [2.45, 2.75) is 13.1 Å². The van der Waals surface area contributed by atoms with Crippen molar-refractivity contribution < 1.29 is 27.5 Å². The highest BCUT2D eigenvalue weighted by Crippen LogP contribution is 2.21. The molecule has 0 amide bonds. The molecule has 0 unspecified atom stereocenters. The van der Waals surface area contributed by atoms with Gasteiger partial charge in [0.2, 0.25) is 0 Å². The molecule has 0 fully saturated rings. The molecule has 0 aliphatic rings. The standard InChI is InChI=1S/C10H8F3NO3/c1-2-17-9(16)7-5-6(3-4-14-7)8(15)10(11,12)13/h3-5H,2H2,1H3. The average molecular weight is 247 g/mol. The molecule has 1 heterocycles. The van der Waals surface area contributed by atoms with E-state index in [0.717, 1.165) is 18.3 Å². The first kappa shape index (κ1) is 13.1. The molecule has 1 aromatic rings. The van der Waals surface area contributed by atoms with Gasteiger partial charge in [-0.15, -0.1) is 0 Å². The van der Waals surface area contributed by atoms with Crippen molar-refractivity contribution in [3.05, 3.63) is 29.6 Å². The van der Waals surface area contributed by atoms with Crippen LogP contribution in [0.1, 0.15) is 27.8 Å². The van der Waals surface area contributed by atoms with Gasteiger partial charge < -0.3 is 4.74 Å². The number of carbonyl (C=O) groups excluding carboxylic acids is 2. The number of pyridine rings is 1. The zero-order valence-electron chi connectivity index (χ0n) is 8.75. The quantitative estimate of drug-likeness (QED) is 0.605. The van der Waals surface area contributed by atoms with Gasteiger partial charge in [0.15, 0.2) is 0 Å². The monoisotopic (exact) mass is 247 g/mol. The van der Waals surface area contributed by atoms with Crippen molar-refractivity contribution in [3.8, 4) is 0 Å². The molecule has 0 aromatic carbocycles. The fourth-order valence-electron chi connectivity index (χ4n) is 1.05. The van der Waals surface area contributed by atoms with Crippen molar-refractivity contribution in [2.75, 3.05) is 6.61 Å². The van der Waals surface area contributed by atoms with E-state index in [2.05, 4.69) is 9.72 Å². The zero-order chi connectivity index (χ0) is 13.1. The second kappa shape index (κ2) is 4.94. The topological polar surface area (TPSA) is 56.3 Å². The minimum atomic E-state index is -4.98. The smallest absolute Gasteiger partial charge is 0.454 e. The maximum absolute atomic E-state index is 12.1. The first-order valence-corrected chi connectivity index (χ1v) is 4.61. The van der Waals surface area contributed by atoms with Crippen molar-refractivity contribution in [3.63, 3.8) is 0 Å². The van der Waals surface area contributed by atoms with Crippen LogP contribution in [0, 0.1) is 0 Å². The molecule has 92 valence electrons. The maximum atomic E-state index is 12.1. The third-order valence-corrected chi connectivity index (χ3v) is 1.76. The van der Waals surface area contributed by atoms with Crippen LogP contribution in [-0.4, -0.2) is 29.5 Å². The molecule has 1 rings (SSSR count). The maximum Gasteiger partial charge on any atom is 0.454 e. The zero-order valence-corrected chi connectivity index (χ0v) is 8.75. The third kappa shape index (κ3) is 3.27. The lowest BCUT2D eigenvalue weighted by molar-refractivity contribution is -0.0885. The number of ketones is 1. The normalized spacial score (nSPS) is 11.1. The number of ether oxygens (including phenoxy) is 1. The Labute approximate surface area is 94.4 Å². The molecule has 7 heteroatoms. The van der Waals surface area contributed by atoms with Gasteiger partial charge in [-0.2, -0.15) is 13.2 Å². The average Bonchev–Trinajstić information content (AvgIpc) is 2.27. The Morgan fingerprint density at radius 3 is 2.59 bits per heavy atom. The Hall–Kier alpha value is -1.92. The highest BCUT2D eigenvalue weighted by atomic mass is 19.4. The van der Waals surface area contributed by atoms with Crippen LogP contribution in [0.15, 0.2) is 18.3 Å². The summed E-state index contributed by atoms with van der Waals surface area (Å²) in [6.07, 6.45) is -4.03. The molecular formula is C10H8F3NO3. The van der Waals surface area contributed by atoms with Gasteiger partial charge in [0.05, 0.1) is 6.61 Å². The van der Waals surface area contributed by atoms with E-state index in [1.165, 1.54) is 0 Å². The summed E-state index contributed by atoms with van der Waals surface area (Å²) in [6, 6.07) is 1.65. The van der Waals surface area contributed by atoms with Crippen molar-refractivity contribution in [1.29, 1.82) is 0 Å². The largest absolute Gasteiger partial charge is 0.461 e. The first-order valence-electron chi connectivity index (χ1n) is 4.61. The number of hydrogen-bond donors (Lipinski definition) is 0. The molecule has 17 heavy (non-hydrogen) atoms. The van der Waals surface area contributed by atoms with E-state index in [-0.39, 0.29) is 12.3 Å². The van der Waals surface area contributed by atoms with Crippen LogP contribution in [-0.2, 0) is 4.74 Å². The molecule has 0 saturated carbocycles. The number of carbonyl (C=O) groups is 2. The Bertz CT molecular complexity index is 443. The summed E-state index contributed by atoms with van der Waals surface area (Å²) in [7, 11) is 0. The third-order valence-electron chi connectivity index (χ3n) is 1.76. The molecule has 4 nitrogen and oxygen atoms in total. The summed E-state index contributed by atoms with van der Waals surface area (Å²) in [5, 5.41) is 0. The van der Waals surface area contributed by atoms with Gasteiger partial charge in [0.25, 0.3) is 5.78 Å².